The van der Waals surface area contributed by atoms with E-state index >= 15 is 0 Å². The molecule has 2 rings (SSSR count). The Morgan fingerprint density at radius 2 is 2.11 bits per heavy atom. The molecule has 0 bridgehead atoms. The third-order valence-corrected chi connectivity index (χ3v) is 5.31. The van der Waals surface area contributed by atoms with E-state index in [4.69, 9.17) is 4.74 Å². The van der Waals surface area contributed by atoms with Crippen molar-refractivity contribution >= 4 is 0 Å². The van der Waals surface area contributed by atoms with Gasteiger partial charge in [0.1, 0.15) is 0 Å². The van der Waals surface area contributed by atoms with E-state index in [9.17, 15) is 0 Å². The Labute approximate surface area is 119 Å². The highest BCUT2D eigenvalue weighted by atomic mass is 16.5. The summed E-state index contributed by atoms with van der Waals surface area (Å²) in [7, 11) is 2.14. The lowest BCUT2D eigenvalue weighted by molar-refractivity contribution is -0.0155. The molecule has 1 heterocycles. The molecule has 2 fully saturated rings. The van der Waals surface area contributed by atoms with E-state index in [2.05, 4.69) is 38.0 Å². The van der Waals surface area contributed by atoms with Gasteiger partial charge in [0.25, 0.3) is 0 Å². The quantitative estimate of drug-likeness (QED) is 0.847. The molecule has 3 heteroatoms. The zero-order chi connectivity index (χ0) is 13.8. The summed E-state index contributed by atoms with van der Waals surface area (Å²) in [5.41, 5.74) is 0. The lowest BCUT2D eigenvalue weighted by Crippen LogP contribution is -2.50. The van der Waals surface area contributed by atoms with Crippen molar-refractivity contribution in [2.75, 3.05) is 33.4 Å². The number of ether oxygens (including phenoxy) is 1. The zero-order valence-electron chi connectivity index (χ0n) is 13.2. The van der Waals surface area contributed by atoms with Crippen molar-refractivity contribution in [3.05, 3.63) is 0 Å². The largest absolute Gasteiger partial charge is 0.379 e. The molecule has 1 N–H and O–H groups in total. The lowest BCUT2D eigenvalue weighted by Gasteiger charge is -2.42. The average molecular weight is 268 g/mol. The summed E-state index contributed by atoms with van der Waals surface area (Å²) in [6, 6.07) is 1.30. The first-order valence-corrected chi connectivity index (χ1v) is 8.10. The number of rotatable bonds is 4. The van der Waals surface area contributed by atoms with Gasteiger partial charge in [-0.3, -0.25) is 4.90 Å². The maximum Gasteiger partial charge on any atom is 0.0619 e. The number of hydrogen-bond donors (Lipinski definition) is 1. The third-order valence-electron chi connectivity index (χ3n) is 5.31. The summed E-state index contributed by atoms with van der Waals surface area (Å²) in [6.45, 7) is 11.3. The van der Waals surface area contributed by atoms with Gasteiger partial charge in [-0.05, 0) is 51.0 Å². The number of morpholine rings is 1. The molecule has 0 amide bonds. The molecule has 0 aromatic rings. The van der Waals surface area contributed by atoms with E-state index in [1.54, 1.807) is 0 Å². The molecule has 3 nitrogen and oxygen atoms in total. The van der Waals surface area contributed by atoms with E-state index in [1.165, 1.54) is 25.8 Å². The minimum atomic E-state index is 0.589. The maximum absolute atomic E-state index is 5.56. The van der Waals surface area contributed by atoms with Crippen LogP contribution in [-0.4, -0.2) is 50.3 Å². The van der Waals surface area contributed by atoms with E-state index in [0.717, 1.165) is 37.5 Å². The SMILES string of the molecule is CNC1CCC(C(C)C)CC1CN1CCOCC1C. The first-order chi connectivity index (χ1) is 9.11. The van der Waals surface area contributed by atoms with Crippen molar-refractivity contribution in [3.63, 3.8) is 0 Å². The molecule has 4 unspecified atom stereocenters. The van der Waals surface area contributed by atoms with Crippen LogP contribution in [0.2, 0.25) is 0 Å². The Kier molecular flexibility index (Phi) is 5.67. The summed E-state index contributed by atoms with van der Waals surface area (Å²) in [5.74, 6) is 2.57. The number of hydrogen-bond acceptors (Lipinski definition) is 3. The minimum Gasteiger partial charge on any atom is -0.379 e. The Hall–Kier alpha value is -0.120. The molecule has 0 radical (unpaired) electrons. The van der Waals surface area contributed by atoms with Gasteiger partial charge in [-0.15, -0.1) is 0 Å². The lowest BCUT2D eigenvalue weighted by atomic mass is 9.73. The molecule has 1 saturated carbocycles. The van der Waals surface area contributed by atoms with E-state index < -0.39 is 0 Å². The van der Waals surface area contributed by atoms with Crippen LogP contribution in [0.3, 0.4) is 0 Å². The molecule has 0 aromatic heterocycles. The van der Waals surface area contributed by atoms with Gasteiger partial charge in [0.05, 0.1) is 13.2 Å². The van der Waals surface area contributed by atoms with Crippen LogP contribution >= 0.6 is 0 Å². The minimum absolute atomic E-state index is 0.589. The van der Waals surface area contributed by atoms with Crippen LogP contribution in [0.15, 0.2) is 0 Å². The second-order valence-electron chi connectivity index (χ2n) is 6.89. The van der Waals surface area contributed by atoms with Gasteiger partial charge in [-0.2, -0.15) is 0 Å². The highest BCUT2D eigenvalue weighted by molar-refractivity contribution is 4.88. The summed E-state index contributed by atoms with van der Waals surface area (Å²) in [5, 5.41) is 3.56. The fraction of sp³-hybridized carbons (Fsp3) is 1.00. The highest BCUT2D eigenvalue weighted by Crippen LogP contribution is 2.34. The second-order valence-corrected chi connectivity index (χ2v) is 6.89. The molecule has 112 valence electrons. The molecule has 2 aliphatic rings. The molecular formula is C16H32N2O. The third kappa shape index (κ3) is 3.93. The monoisotopic (exact) mass is 268 g/mol. The van der Waals surface area contributed by atoms with Crippen LogP contribution in [-0.2, 0) is 4.74 Å². The summed E-state index contributed by atoms with van der Waals surface area (Å²) in [4.78, 5) is 2.64. The topological polar surface area (TPSA) is 24.5 Å². The van der Waals surface area contributed by atoms with Gasteiger partial charge in [0.2, 0.25) is 0 Å². The van der Waals surface area contributed by atoms with Gasteiger partial charge in [-0.25, -0.2) is 0 Å². The fourth-order valence-corrected chi connectivity index (χ4v) is 3.82. The van der Waals surface area contributed by atoms with Crippen LogP contribution < -0.4 is 5.32 Å². The van der Waals surface area contributed by atoms with Crippen molar-refractivity contribution in [3.8, 4) is 0 Å². The zero-order valence-corrected chi connectivity index (χ0v) is 13.2. The van der Waals surface area contributed by atoms with Crippen molar-refractivity contribution < 1.29 is 4.74 Å². The molecule has 0 aromatic carbocycles. The van der Waals surface area contributed by atoms with Gasteiger partial charge in [-0.1, -0.05) is 13.8 Å². The smallest absolute Gasteiger partial charge is 0.0619 e. The van der Waals surface area contributed by atoms with Crippen molar-refractivity contribution in [2.45, 2.75) is 52.1 Å². The van der Waals surface area contributed by atoms with E-state index in [0.29, 0.717) is 12.1 Å². The van der Waals surface area contributed by atoms with Crippen LogP contribution in [0.25, 0.3) is 0 Å². The highest BCUT2D eigenvalue weighted by Gasteiger charge is 2.33. The Morgan fingerprint density at radius 1 is 1.32 bits per heavy atom. The van der Waals surface area contributed by atoms with Gasteiger partial charge in [0, 0.05) is 25.2 Å². The molecule has 4 atom stereocenters. The first kappa shape index (κ1) is 15.3. The Bertz CT molecular complexity index is 269. The van der Waals surface area contributed by atoms with E-state index in [-0.39, 0.29) is 0 Å². The second kappa shape index (κ2) is 7.05. The Balaban J connectivity index is 1.93. The fourth-order valence-electron chi connectivity index (χ4n) is 3.82. The Morgan fingerprint density at radius 3 is 2.74 bits per heavy atom. The van der Waals surface area contributed by atoms with Gasteiger partial charge in [0.15, 0.2) is 0 Å². The molecule has 1 saturated heterocycles. The van der Waals surface area contributed by atoms with Gasteiger partial charge >= 0.3 is 0 Å². The van der Waals surface area contributed by atoms with Crippen LogP contribution in [0.1, 0.15) is 40.0 Å². The van der Waals surface area contributed by atoms with Crippen molar-refractivity contribution in [1.29, 1.82) is 0 Å². The predicted molar refractivity (Wildman–Crippen MR) is 80.4 cm³/mol. The maximum atomic E-state index is 5.56. The molecule has 1 aliphatic heterocycles. The van der Waals surface area contributed by atoms with Gasteiger partial charge < -0.3 is 10.1 Å². The summed E-state index contributed by atoms with van der Waals surface area (Å²) < 4.78 is 5.56. The van der Waals surface area contributed by atoms with E-state index in [1.807, 2.05) is 0 Å². The van der Waals surface area contributed by atoms with Crippen LogP contribution in [0.5, 0.6) is 0 Å². The summed E-state index contributed by atoms with van der Waals surface area (Å²) in [6.07, 6.45) is 4.15. The number of nitrogens with one attached hydrogen (secondary N) is 1. The molecule has 19 heavy (non-hydrogen) atoms. The molecule has 0 spiro atoms. The predicted octanol–water partition coefficient (Wildman–Crippen LogP) is 2.37. The van der Waals surface area contributed by atoms with Crippen LogP contribution in [0.4, 0.5) is 0 Å². The average Bonchev–Trinajstić information content (AvgIpc) is 2.41. The van der Waals surface area contributed by atoms with Crippen LogP contribution in [0, 0.1) is 17.8 Å². The summed E-state index contributed by atoms with van der Waals surface area (Å²) >= 11 is 0. The first-order valence-electron chi connectivity index (χ1n) is 8.10. The molecule has 1 aliphatic carbocycles. The standard InChI is InChI=1S/C16H32N2O/c1-12(2)14-5-6-16(17-4)15(9-14)10-18-7-8-19-11-13(18)3/h12-17H,5-11H2,1-4H3. The van der Waals surface area contributed by atoms with Crippen molar-refractivity contribution in [1.82, 2.24) is 10.2 Å². The number of nitrogens with zero attached hydrogens (tertiary/aromatic N) is 1. The normalized spacial score (nSPS) is 37.7. The molecular weight excluding hydrogens is 236 g/mol. The van der Waals surface area contributed by atoms with Crippen molar-refractivity contribution in [2.24, 2.45) is 17.8 Å².